The quantitative estimate of drug-likeness (QED) is 0.746. The van der Waals surface area contributed by atoms with Gasteiger partial charge >= 0.3 is 0 Å². The predicted octanol–water partition coefficient (Wildman–Crippen LogP) is 2.75. The molecule has 0 atom stereocenters. The number of phenolic OH excluding ortho intramolecular Hbond substituents is 1. The molecular formula is C12H16O2. The van der Waals surface area contributed by atoms with Crippen LogP contribution < -0.4 is 4.74 Å². The molecule has 14 heavy (non-hydrogen) atoms. The Morgan fingerprint density at radius 2 is 2.07 bits per heavy atom. The Hall–Kier alpha value is -1.44. The van der Waals surface area contributed by atoms with Crippen LogP contribution in [-0.2, 0) is 6.42 Å². The third-order valence-corrected chi connectivity index (χ3v) is 2.52. The van der Waals surface area contributed by atoms with Gasteiger partial charge in [0.15, 0.2) is 11.5 Å². The lowest BCUT2D eigenvalue weighted by Gasteiger charge is -2.12. The second kappa shape index (κ2) is 4.18. The minimum Gasteiger partial charge on any atom is -0.504 e. The van der Waals surface area contributed by atoms with E-state index >= 15 is 0 Å². The van der Waals surface area contributed by atoms with E-state index in [9.17, 15) is 5.11 Å². The average molecular weight is 192 g/mol. The highest BCUT2D eigenvalue weighted by molar-refractivity contribution is 5.52. The molecule has 76 valence electrons. The summed E-state index contributed by atoms with van der Waals surface area (Å²) in [6.07, 6.45) is 2.64. The Kier molecular flexibility index (Phi) is 3.18. The summed E-state index contributed by atoms with van der Waals surface area (Å²) < 4.78 is 5.08. The first-order chi connectivity index (χ1) is 6.61. The van der Waals surface area contributed by atoms with Crippen molar-refractivity contribution in [3.8, 4) is 11.5 Å². The topological polar surface area (TPSA) is 29.5 Å². The lowest BCUT2D eigenvalue weighted by molar-refractivity contribution is 0.371. The van der Waals surface area contributed by atoms with Crippen molar-refractivity contribution in [3.05, 3.63) is 35.4 Å². The summed E-state index contributed by atoms with van der Waals surface area (Å²) in [7, 11) is 1.56. The van der Waals surface area contributed by atoms with Gasteiger partial charge in [0.2, 0.25) is 0 Å². The molecule has 0 aliphatic carbocycles. The predicted molar refractivity (Wildman–Crippen MR) is 58.0 cm³/mol. The van der Waals surface area contributed by atoms with Gasteiger partial charge in [0.25, 0.3) is 0 Å². The summed E-state index contributed by atoms with van der Waals surface area (Å²) in [5.74, 6) is 0.766. The largest absolute Gasteiger partial charge is 0.504 e. The summed E-state index contributed by atoms with van der Waals surface area (Å²) in [5, 5.41) is 9.72. The van der Waals surface area contributed by atoms with Gasteiger partial charge in [-0.25, -0.2) is 0 Å². The van der Waals surface area contributed by atoms with Gasteiger partial charge in [-0.2, -0.15) is 0 Å². The van der Waals surface area contributed by atoms with Crippen LogP contribution in [0.4, 0.5) is 0 Å². The minimum atomic E-state index is 0.234. The van der Waals surface area contributed by atoms with Crippen LogP contribution in [0.1, 0.15) is 16.7 Å². The zero-order chi connectivity index (χ0) is 10.7. The molecule has 0 spiro atoms. The van der Waals surface area contributed by atoms with Gasteiger partial charge in [0, 0.05) is 0 Å². The Morgan fingerprint density at radius 3 is 2.57 bits per heavy atom. The molecule has 0 bridgehead atoms. The molecule has 0 amide bonds. The minimum absolute atomic E-state index is 0.234. The summed E-state index contributed by atoms with van der Waals surface area (Å²) >= 11 is 0. The molecule has 0 aliphatic rings. The molecule has 0 saturated carbocycles. The van der Waals surface area contributed by atoms with E-state index in [-0.39, 0.29) is 5.75 Å². The lowest BCUT2D eigenvalue weighted by Crippen LogP contribution is -1.95. The lowest BCUT2D eigenvalue weighted by atomic mass is 9.99. The summed E-state index contributed by atoms with van der Waals surface area (Å²) in [4.78, 5) is 0. The van der Waals surface area contributed by atoms with Crippen molar-refractivity contribution in [2.24, 2.45) is 0 Å². The van der Waals surface area contributed by atoms with Crippen LogP contribution in [0.5, 0.6) is 11.5 Å². The molecule has 1 N–H and O–H groups in total. The van der Waals surface area contributed by atoms with E-state index in [4.69, 9.17) is 4.74 Å². The Balaban J connectivity index is 3.32. The molecule has 0 heterocycles. The Labute approximate surface area is 84.8 Å². The van der Waals surface area contributed by atoms with Crippen molar-refractivity contribution in [2.75, 3.05) is 7.11 Å². The van der Waals surface area contributed by atoms with Crippen molar-refractivity contribution in [3.63, 3.8) is 0 Å². The summed E-state index contributed by atoms with van der Waals surface area (Å²) in [6.45, 7) is 7.58. The van der Waals surface area contributed by atoms with Gasteiger partial charge in [0.05, 0.1) is 7.11 Å². The highest BCUT2D eigenvalue weighted by Crippen LogP contribution is 2.34. The van der Waals surface area contributed by atoms with E-state index in [1.54, 1.807) is 7.11 Å². The number of ether oxygens (including phenoxy) is 1. The molecule has 0 aromatic heterocycles. The Morgan fingerprint density at radius 1 is 1.43 bits per heavy atom. The molecule has 1 aromatic rings. The first kappa shape index (κ1) is 10.6. The normalized spacial score (nSPS) is 9.93. The second-order valence-corrected chi connectivity index (χ2v) is 3.33. The molecule has 2 nitrogen and oxygen atoms in total. The van der Waals surface area contributed by atoms with Crippen LogP contribution in [0.25, 0.3) is 0 Å². The van der Waals surface area contributed by atoms with Gasteiger partial charge in [-0.3, -0.25) is 0 Å². The van der Waals surface area contributed by atoms with E-state index in [0.29, 0.717) is 5.75 Å². The smallest absolute Gasteiger partial charge is 0.161 e. The fraction of sp³-hybridized carbons (Fsp3) is 0.333. The molecule has 0 saturated heterocycles. The van der Waals surface area contributed by atoms with Crippen LogP contribution >= 0.6 is 0 Å². The van der Waals surface area contributed by atoms with E-state index < -0.39 is 0 Å². The molecule has 0 radical (unpaired) electrons. The third kappa shape index (κ3) is 1.74. The summed E-state index contributed by atoms with van der Waals surface area (Å²) in [6, 6.07) is 1.86. The third-order valence-electron chi connectivity index (χ3n) is 2.52. The van der Waals surface area contributed by atoms with E-state index in [0.717, 1.165) is 23.1 Å². The van der Waals surface area contributed by atoms with Gasteiger partial charge in [0.1, 0.15) is 0 Å². The zero-order valence-corrected chi connectivity index (χ0v) is 8.92. The van der Waals surface area contributed by atoms with Crippen LogP contribution in [0, 0.1) is 13.8 Å². The van der Waals surface area contributed by atoms with E-state index in [2.05, 4.69) is 6.58 Å². The number of methoxy groups -OCH3 is 1. The zero-order valence-electron chi connectivity index (χ0n) is 8.92. The average Bonchev–Trinajstić information content (AvgIpc) is 2.19. The van der Waals surface area contributed by atoms with Crippen molar-refractivity contribution >= 4 is 0 Å². The number of allylic oxidation sites excluding steroid dienone is 1. The van der Waals surface area contributed by atoms with Gasteiger partial charge < -0.3 is 9.84 Å². The van der Waals surface area contributed by atoms with Crippen LogP contribution in [-0.4, -0.2) is 12.2 Å². The monoisotopic (exact) mass is 192 g/mol. The highest BCUT2D eigenvalue weighted by atomic mass is 16.5. The van der Waals surface area contributed by atoms with Crippen molar-refractivity contribution in [2.45, 2.75) is 20.3 Å². The van der Waals surface area contributed by atoms with E-state index in [1.165, 1.54) is 0 Å². The standard InChI is InChI=1S/C12H16O2/c1-5-6-10-7-11(14-4)12(13)9(3)8(10)2/h5,7,13H,1,6H2,2-4H3. The van der Waals surface area contributed by atoms with Crippen molar-refractivity contribution < 1.29 is 9.84 Å². The SMILES string of the molecule is C=CCc1cc(OC)c(O)c(C)c1C. The fourth-order valence-corrected chi connectivity index (χ4v) is 1.46. The number of phenols is 1. The summed E-state index contributed by atoms with van der Waals surface area (Å²) in [5.41, 5.74) is 3.12. The van der Waals surface area contributed by atoms with Crippen LogP contribution in [0.15, 0.2) is 18.7 Å². The number of hydrogen-bond donors (Lipinski definition) is 1. The highest BCUT2D eigenvalue weighted by Gasteiger charge is 2.10. The maximum atomic E-state index is 9.72. The van der Waals surface area contributed by atoms with Crippen molar-refractivity contribution in [1.82, 2.24) is 0 Å². The molecule has 0 aliphatic heterocycles. The first-order valence-electron chi connectivity index (χ1n) is 4.58. The number of benzene rings is 1. The van der Waals surface area contributed by atoms with Gasteiger partial charge in [-0.05, 0) is 43.0 Å². The van der Waals surface area contributed by atoms with Gasteiger partial charge in [-0.15, -0.1) is 6.58 Å². The fourth-order valence-electron chi connectivity index (χ4n) is 1.46. The molecule has 2 heteroatoms. The van der Waals surface area contributed by atoms with E-state index in [1.807, 2.05) is 26.0 Å². The first-order valence-corrected chi connectivity index (χ1v) is 4.58. The molecule has 0 fully saturated rings. The van der Waals surface area contributed by atoms with Crippen LogP contribution in [0.2, 0.25) is 0 Å². The maximum Gasteiger partial charge on any atom is 0.161 e. The van der Waals surface area contributed by atoms with Crippen LogP contribution in [0.3, 0.4) is 0 Å². The second-order valence-electron chi connectivity index (χ2n) is 3.33. The molecule has 1 rings (SSSR count). The molecular weight excluding hydrogens is 176 g/mol. The van der Waals surface area contributed by atoms with Crippen molar-refractivity contribution in [1.29, 1.82) is 0 Å². The number of rotatable bonds is 3. The molecule has 1 aromatic carbocycles. The maximum absolute atomic E-state index is 9.72. The number of aromatic hydroxyl groups is 1. The molecule has 0 unspecified atom stereocenters. The Bertz CT molecular complexity index is 354. The number of hydrogen-bond acceptors (Lipinski definition) is 2. The van der Waals surface area contributed by atoms with Gasteiger partial charge in [-0.1, -0.05) is 6.08 Å².